The summed E-state index contributed by atoms with van der Waals surface area (Å²) in [6.45, 7) is 4.80. The number of carbonyl (C=O) groups excluding carboxylic acids is 2. The van der Waals surface area contributed by atoms with E-state index in [0.717, 1.165) is 0 Å². The molecule has 0 radical (unpaired) electrons. The summed E-state index contributed by atoms with van der Waals surface area (Å²) < 4.78 is 15.9. The van der Waals surface area contributed by atoms with Gasteiger partial charge in [0.25, 0.3) is 5.91 Å². The molecule has 2 aromatic rings. The Hall–Kier alpha value is -3.89. The maximum atomic E-state index is 13.0. The van der Waals surface area contributed by atoms with E-state index < -0.39 is 29.9 Å². The molecule has 2 unspecified atom stereocenters. The highest BCUT2D eigenvalue weighted by atomic mass is 16.5. The molecule has 0 bridgehead atoms. The van der Waals surface area contributed by atoms with Crippen LogP contribution < -0.4 is 24.8 Å². The number of aromatic nitrogens is 2. The van der Waals surface area contributed by atoms with Crippen LogP contribution in [0.3, 0.4) is 0 Å². The van der Waals surface area contributed by atoms with Gasteiger partial charge in [-0.15, -0.1) is 0 Å². The fraction of sp³-hybridized carbons (Fsp3) is 0.381. The van der Waals surface area contributed by atoms with Gasteiger partial charge < -0.3 is 30.0 Å². The van der Waals surface area contributed by atoms with Crippen LogP contribution in [0.25, 0.3) is 0 Å². The number of rotatable bonds is 10. The minimum Gasteiger partial charge on any atom is -0.481 e. The molecule has 1 aromatic carbocycles. The van der Waals surface area contributed by atoms with Crippen LogP contribution in [-0.2, 0) is 9.59 Å². The molecule has 32 heavy (non-hydrogen) atoms. The summed E-state index contributed by atoms with van der Waals surface area (Å²) in [6, 6.07) is 5.64. The molecule has 11 heteroatoms. The third-order valence-corrected chi connectivity index (χ3v) is 4.37. The number of benzene rings is 1. The number of hydrogen-bond donors (Lipinski definition) is 3. The summed E-state index contributed by atoms with van der Waals surface area (Å²) in [5, 5.41) is 14.0. The summed E-state index contributed by atoms with van der Waals surface area (Å²) in [4.78, 5) is 44.7. The smallest absolute Gasteiger partial charge is 0.328 e. The number of carbonyl (C=O) groups is 3. The van der Waals surface area contributed by atoms with Crippen LogP contribution in [0.15, 0.2) is 30.3 Å². The van der Waals surface area contributed by atoms with Crippen molar-refractivity contribution in [2.75, 3.05) is 14.2 Å². The number of nitrogens with one attached hydrogen (secondary N) is 2. The van der Waals surface area contributed by atoms with Crippen molar-refractivity contribution in [3.8, 4) is 23.5 Å². The fourth-order valence-corrected chi connectivity index (χ4v) is 2.60. The Kier molecular flexibility index (Phi) is 8.33. The van der Waals surface area contributed by atoms with E-state index in [2.05, 4.69) is 20.6 Å². The second kappa shape index (κ2) is 10.9. The van der Waals surface area contributed by atoms with E-state index in [4.69, 9.17) is 19.3 Å². The van der Waals surface area contributed by atoms with Gasteiger partial charge in [-0.3, -0.25) is 14.4 Å². The Morgan fingerprint density at radius 2 is 1.56 bits per heavy atom. The number of nitrogens with zero attached hydrogens (tertiary/aromatic N) is 2. The lowest BCUT2D eigenvalue weighted by Gasteiger charge is -2.23. The second-order valence-electron chi connectivity index (χ2n) is 7.10. The predicted molar refractivity (Wildman–Crippen MR) is 113 cm³/mol. The quantitative estimate of drug-likeness (QED) is 0.495. The lowest BCUT2D eigenvalue weighted by molar-refractivity contribution is -0.141. The molecule has 0 saturated carbocycles. The van der Waals surface area contributed by atoms with Crippen molar-refractivity contribution in [1.29, 1.82) is 0 Å². The summed E-state index contributed by atoms with van der Waals surface area (Å²) in [5.74, 6) is -2.13. The number of ether oxygens (including phenoxy) is 3. The highest BCUT2D eigenvalue weighted by Crippen LogP contribution is 2.26. The van der Waals surface area contributed by atoms with Gasteiger partial charge in [-0.25, -0.2) is 0 Å². The largest absolute Gasteiger partial charge is 0.481 e. The molecule has 172 valence electrons. The van der Waals surface area contributed by atoms with E-state index in [1.807, 2.05) is 0 Å². The van der Waals surface area contributed by atoms with Gasteiger partial charge in [-0.2, -0.15) is 9.97 Å². The van der Waals surface area contributed by atoms with Gasteiger partial charge in [0, 0.05) is 0 Å². The van der Waals surface area contributed by atoms with Crippen LogP contribution >= 0.6 is 0 Å². The van der Waals surface area contributed by atoms with Gasteiger partial charge >= 0.3 is 12.0 Å². The van der Waals surface area contributed by atoms with Crippen molar-refractivity contribution in [1.82, 2.24) is 20.6 Å². The number of aliphatic carboxylic acids is 1. The summed E-state index contributed by atoms with van der Waals surface area (Å²) >= 11 is 0. The minimum atomic E-state index is -1.18. The third-order valence-electron chi connectivity index (χ3n) is 4.37. The van der Waals surface area contributed by atoms with E-state index in [1.54, 1.807) is 32.0 Å². The first-order valence-corrected chi connectivity index (χ1v) is 9.74. The highest BCUT2D eigenvalue weighted by Gasteiger charge is 2.28. The first-order valence-electron chi connectivity index (χ1n) is 9.74. The fourth-order valence-electron chi connectivity index (χ4n) is 2.60. The van der Waals surface area contributed by atoms with Crippen molar-refractivity contribution < 1.29 is 33.7 Å². The molecule has 0 aliphatic carbocycles. The predicted octanol–water partition coefficient (Wildman–Crippen LogP) is 1.63. The third kappa shape index (κ3) is 6.30. The normalized spacial score (nSPS) is 12.4. The van der Waals surface area contributed by atoms with Crippen molar-refractivity contribution >= 4 is 17.8 Å². The van der Waals surface area contributed by atoms with E-state index in [0.29, 0.717) is 0 Å². The van der Waals surface area contributed by atoms with Gasteiger partial charge in [-0.05, 0) is 25.0 Å². The number of carboxylic acids is 1. The first-order chi connectivity index (χ1) is 15.2. The molecule has 2 amide bonds. The molecule has 0 aliphatic heterocycles. The molecule has 0 saturated heterocycles. The molecule has 0 fully saturated rings. The zero-order valence-electron chi connectivity index (χ0n) is 18.4. The first kappa shape index (κ1) is 24.4. The molecule has 0 spiro atoms. The highest BCUT2D eigenvalue weighted by molar-refractivity contribution is 6.00. The SMILES string of the molecule is COc1cc(OC)nc(Oc2ccccc2C(=O)NC(C(=O)NC(C)C(=O)O)C(C)C)n1. The van der Waals surface area contributed by atoms with Crippen LogP contribution in [0.1, 0.15) is 31.1 Å². The maximum Gasteiger partial charge on any atom is 0.328 e. The molecule has 1 heterocycles. The Balaban J connectivity index is 2.26. The van der Waals surface area contributed by atoms with Gasteiger partial charge in [-0.1, -0.05) is 26.0 Å². The van der Waals surface area contributed by atoms with Crippen LogP contribution in [-0.4, -0.2) is 59.2 Å². The monoisotopic (exact) mass is 446 g/mol. The van der Waals surface area contributed by atoms with Crippen molar-refractivity contribution in [3.05, 3.63) is 35.9 Å². The molecule has 2 atom stereocenters. The van der Waals surface area contributed by atoms with Gasteiger partial charge in [0.15, 0.2) is 0 Å². The molecule has 11 nitrogen and oxygen atoms in total. The number of carboxylic acid groups (broad SMARTS) is 1. The van der Waals surface area contributed by atoms with Gasteiger partial charge in [0.2, 0.25) is 17.7 Å². The zero-order valence-corrected chi connectivity index (χ0v) is 18.4. The summed E-state index contributed by atoms with van der Waals surface area (Å²) in [7, 11) is 2.85. The maximum absolute atomic E-state index is 13.0. The number of para-hydroxylation sites is 1. The second-order valence-corrected chi connectivity index (χ2v) is 7.10. The average molecular weight is 446 g/mol. The van der Waals surface area contributed by atoms with Gasteiger partial charge in [0.1, 0.15) is 17.8 Å². The number of hydrogen-bond acceptors (Lipinski definition) is 8. The van der Waals surface area contributed by atoms with E-state index in [9.17, 15) is 14.4 Å². The van der Waals surface area contributed by atoms with Crippen molar-refractivity contribution in [2.24, 2.45) is 5.92 Å². The molecular weight excluding hydrogens is 420 g/mol. The van der Waals surface area contributed by atoms with Crippen LogP contribution in [0.2, 0.25) is 0 Å². The number of amides is 2. The lowest BCUT2D eigenvalue weighted by atomic mass is 10.0. The standard InChI is InChI=1S/C21H26N4O7/c1-11(2)17(19(27)22-12(3)20(28)29)25-18(26)13-8-6-7-9-14(13)32-21-23-15(30-4)10-16(24-21)31-5/h6-12,17H,1-5H3,(H,22,27)(H,25,26)(H,28,29). The van der Waals surface area contributed by atoms with E-state index >= 15 is 0 Å². The number of methoxy groups -OCH3 is 2. The Morgan fingerprint density at radius 3 is 2.09 bits per heavy atom. The topological polar surface area (TPSA) is 149 Å². The van der Waals surface area contributed by atoms with E-state index in [1.165, 1.54) is 33.3 Å². The van der Waals surface area contributed by atoms with Crippen LogP contribution in [0.5, 0.6) is 23.5 Å². The van der Waals surface area contributed by atoms with Crippen molar-refractivity contribution in [2.45, 2.75) is 32.9 Å². The Morgan fingerprint density at radius 1 is 0.969 bits per heavy atom. The molecule has 0 aliphatic rings. The molecule has 2 rings (SSSR count). The zero-order chi connectivity index (χ0) is 23.8. The van der Waals surface area contributed by atoms with Crippen LogP contribution in [0.4, 0.5) is 0 Å². The van der Waals surface area contributed by atoms with E-state index in [-0.39, 0.29) is 35.0 Å². The minimum absolute atomic E-state index is 0.102. The molecule has 1 aromatic heterocycles. The van der Waals surface area contributed by atoms with Gasteiger partial charge in [0.05, 0.1) is 25.8 Å². The Bertz CT molecular complexity index is 958. The Labute approximate surface area is 185 Å². The summed E-state index contributed by atoms with van der Waals surface area (Å²) in [6.07, 6.45) is 0. The van der Waals surface area contributed by atoms with Crippen LogP contribution in [0, 0.1) is 5.92 Å². The molecule has 3 N–H and O–H groups in total. The van der Waals surface area contributed by atoms with Crippen molar-refractivity contribution in [3.63, 3.8) is 0 Å². The lowest BCUT2D eigenvalue weighted by Crippen LogP contribution is -2.53. The summed E-state index contributed by atoms with van der Waals surface area (Å²) in [5.41, 5.74) is 0.127. The molecular formula is C21H26N4O7. The average Bonchev–Trinajstić information content (AvgIpc) is 2.76.